The van der Waals surface area contributed by atoms with Gasteiger partial charge >= 0.3 is 6.18 Å². The van der Waals surface area contributed by atoms with E-state index in [0.717, 1.165) is 10.5 Å². The summed E-state index contributed by atoms with van der Waals surface area (Å²) in [6, 6.07) is 8.32. The van der Waals surface area contributed by atoms with Crippen LogP contribution in [0.2, 0.25) is 5.15 Å². The average Bonchev–Trinajstić information content (AvgIpc) is 3.51. The molecular weight excluding hydrogens is 500 g/mol. The van der Waals surface area contributed by atoms with Gasteiger partial charge in [0.25, 0.3) is 5.91 Å². The number of halogens is 5. The van der Waals surface area contributed by atoms with E-state index in [1.807, 2.05) is 6.07 Å². The van der Waals surface area contributed by atoms with E-state index in [4.69, 9.17) is 16.0 Å². The number of rotatable bonds is 3. The van der Waals surface area contributed by atoms with Gasteiger partial charge in [-0.25, -0.2) is 9.37 Å². The molecular formula is C25H15ClF4N4O2. The number of furan rings is 1. The van der Waals surface area contributed by atoms with Gasteiger partial charge in [-0.1, -0.05) is 17.7 Å². The maximum absolute atomic E-state index is 13.9. The van der Waals surface area contributed by atoms with E-state index in [2.05, 4.69) is 4.98 Å². The first-order valence-electron chi connectivity index (χ1n) is 10.7. The Bertz CT molecular complexity index is 1550. The Labute approximate surface area is 206 Å². The standard InChI is InChI=1S/C25H15ClF4N4O2/c26-22-21(24(35)33-6-3-14(4-7-33)19-10-18(27)2-1-15(19)11-31)32-23-20(25(28,29)30)9-17(12-34(22)23)16-5-8-36-13-16/h1-3,5-6,8-10,12-14H,4,7H2. The lowest BCUT2D eigenvalue weighted by Gasteiger charge is -2.26. The van der Waals surface area contributed by atoms with Crippen molar-refractivity contribution in [3.8, 4) is 17.2 Å². The highest BCUT2D eigenvalue weighted by molar-refractivity contribution is 6.33. The third kappa shape index (κ3) is 4.12. The molecule has 1 aliphatic rings. The number of pyridine rings is 1. The monoisotopic (exact) mass is 514 g/mol. The number of fused-ring (bicyclic) bond motifs is 1. The topological polar surface area (TPSA) is 74.5 Å². The fraction of sp³-hybridized carbons (Fsp3) is 0.160. The molecule has 0 radical (unpaired) electrons. The minimum absolute atomic E-state index is 0.165. The van der Waals surface area contributed by atoms with Gasteiger partial charge in [0.05, 0.1) is 29.7 Å². The summed E-state index contributed by atoms with van der Waals surface area (Å²) < 4.78 is 61.3. The summed E-state index contributed by atoms with van der Waals surface area (Å²) in [7, 11) is 0. The molecule has 0 spiro atoms. The minimum atomic E-state index is -4.75. The molecule has 4 aromatic rings. The van der Waals surface area contributed by atoms with Crippen molar-refractivity contribution < 1.29 is 26.8 Å². The number of amides is 1. The van der Waals surface area contributed by atoms with Crippen molar-refractivity contribution in [3.05, 3.63) is 94.7 Å². The first-order valence-corrected chi connectivity index (χ1v) is 11.1. The van der Waals surface area contributed by atoms with E-state index in [-0.39, 0.29) is 28.9 Å². The average molecular weight is 515 g/mol. The van der Waals surface area contributed by atoms with Crippen LogP contribution in [0.25, 0.3) is 16.8 Å². The highest BCUT2D eigenvalue weighted by Crippen LogP contribution is 2.37. The lowest BCUT2D eigenvalue weighted by atomic mass is 9.90. The van der Waals surface area contributed by atoms with Gasteiger partial charge in [-0.15, -0.1) is 0 Å². The molecule has 1 aliphatic heterocycles. The lowest BCUT2D eigenvalue weighted by Crippen LogP contribution is -2.31. The normalized spacial score (nSPS) is 15.9. The first-order chi connectivity index (χ1) is 17.2. The Balaban J connectivity index is 1.51. The van der Waals surface area contributed by atoms with Gasteiger partial charge in [-0.2, -0.15) is 18.4 Å². The van der Waals surface area contributed by atoms with Crippen LogP contribution in [0.3, 0.4) is 0 Å². The zero-order chi connectivity index (χ0) is 25.6. The number of carbonyl (C=O) groups is 1. The first kappa shape index (κ1) is 23.6. The Morgan fingerprint density at radius 3 is 2.67 bits per heavy atom. The molecule has 1 aromatic carbocycles. The second-order valence-electron chi connectivity index (χ2n) is 8.18. The fourth-order valence-electron chi connectivity index (χ4n) is 4.21. The Kier molecular flexibility index (Phi) is 5.80. The van der Waals surface area contributed by atoms with E-state index < -0.39 is 29.1 Å². The van der Waals surface area contributed by atoms with Crippen LogP contribution in [-0.2, 0) is 6.18 Å². The van der Waals surface area contributed by atoms with E-state index in [1.54, 1.807) is 6.08 Å². The zero-order valence-electron chi connectivity index (χ0n) is 18.3. The van der Waals surface area contributed by atoms with Crippen molar-refractivity contribution >= 4 is 23.2 Å². The molecule has 0 bridgehead atoms. The van der Waals surface area contributed by atoms with E-state index >= 15 is 0 Å². The van der Waals surface area contributed by atoms with Crippen LogP contribution in [0.5, 0.6) is 0 Å². The third-order valence-electron chi connectivity index (χ3n) is 6.00. The second-order valence-corrected chi connectivity index (χ2v) is 8.53. The third-order valence-corrected chi connectivity index (χ3v) is 6.36. The molecule has 1 unspecified atom stereocenters. The largest absolute Gasteiger partial charge is 0.472 e. The Hall–Kier alpha value is -4.10. The van der Waals surface area contributed by atoms with Crippen molar-refractivity contribution in [1.82, 2.24) is 14.3 Å². The van der Waals surface area contributed by atoms with Gasteiger partial charge in [0.15, 0.2) is 11.3 Å². The second kappa shape index (κ2) is 8.84. The number of aromatic nitrogens is 2. The molecule has 0 N–H and O–H groups in total. The van der Waals surface area contributed by atoms with Gasteiger partial charge in [0.2, 0.25) is 0 Å². The number of carbonyl (C=O) groups excluding carboxylic acids is 1. The summed E-state index contributed by atoms with van der Waals surface area (Å²) in [6.07, 6.45) is 2.68. The summed E-state index contributed by atoms with van der Waals surface area (Å²) in [5.74, 6) is -1.48. The molecule has 0 aliphatic carbocycles. The molecule has 0 saturated heterocycles. The highest BCUT2D eigenvalue weighted by Gasteiger charge is 2.36. The molecule has 0 fully saturated rings. The quantitative estimate of drug-likeness (QED) is 0.296. The lowest BCUT2D eigenvalue weighted by molar-refractivity contribution is -0.136. The SMILES string of the molecule is N#Cc1ccc(F)cc1C1C=CN(C(=O)c2nc3c(C(F)(F)F)cc(-c4ccoc4)cn3c2Cl)CC1. The Morgan fingerprint density at radius 2 is 2.03 bits per heavy atom. The predicted octanol–water partition coefficient (Wildman–Crippen LogP) is 6.42. The molecule has 0 saturated carbocycles. The van der Waals surface area contributed by atoms with Crippen molar-refractivity contribution in [2.75, 3.05) is 6.54 Å². The van der Waals surface area contributed by atoms with Gasteiger partial charge in [-0.3, -0.25) is 9.20 Å². The van der Waals surface area contributed by atoms with Gasteiger partial charge in [-0.05, 0) is 42.3 Å². The van der Waals surface area contributed by atoms with Crippen LogP contribution in [0, 0.1) is 17.1 Å². The molecule has 1 amide bonds. The number of hydrogen-bond donors (Lipinski definition) is 0. The van der Waals surface area contributed by atoms with Crippen molar-refractivity contribution in [2.24, 2.45) is 0 Å². The van der Waals surface area contributed by atoms with E-state index in [0.29, 0.717) is 23.1 Å². The van der Waals surface area contributed by atoms with Crippen LogP contribution in [0.15, 0.2) is 65.7 Å². The molecule has 5 rings (SSSR count). The summed E-state index contributed by atoms with van der Waals surface area (Å²) in [6.45, 7) is 0.165. The maximum atomic E-state index is 13.9. The van der Waals surface area contributed by atoms with Crippen LogP contribution in [-0.4, -0.2) is 26.7 Å². The number of benzene rings is 1. The Morgan fingerprint density at radius 1 is 1.22 bits per heavy atom. The summed E-state index contributed by atoms with van der Waals surface area (Å²) in [4.78, 5) is 18.4. The predicted molar refractivity (Wildman–Crippen MR) is 122 cm³/mol. The molecule has 6 nitrogen and oxygen atoms in total. The van der Waals surface area contributed by atoms with Gasteiger partial charge in [0, 0.05) is 36.0 Å². The smallest absolute Gasteiger partial charge is 0.420 e. The highest BCUT2D eigenvalue weighted by atomic mass is 35.5. The number of alkyl halides is 3. The van der Waals surface area contributed by atoms with Crippen LogP contribution < -0.4 is 0 Å². The minimum Gasteiger partial charge on any atom is -0.472 e. The molecule has 36 heavy (non-hydrogen) atoms. The van der Waals surface area contributed by atoms with Gasteiger partial charge < -0.3 is 9.32 Å². The number of nitriles is 1. The van der Waals surface area contributed by atoms with E-state index in [1.165, 1.54) is 54.1 Å². The summed E-state index contributed by atoms with van der Waals surface area (Å²) in [5.41, 5.74) is -0.481. The molecule has 11 heteroatoms. The molecule has 3 aromatic heterocycles. The number of imidazole rings is 1. The van der Waals surface area contributed by atoms with Gasteiger partial charge in [0.1, 0.15) is 11.0 Å². The molecule has 1 atom stereocenters. The van der Waals surface area contributed by atoms with Crippen molar-refractivity contribution in [1.29, 1.82) is 5.26 Å². The maximum Gasteiger partial charge on any atom is 0.420 e. The number of allylic oxidation sites excluding steroid dienone is 1. The number of nitrogens with zero attached hydrogens (tertiary/aromatic N) is 4. The van der Waals surface area contributed by atoms with Crippen molar-refractivity contribution in [3.63, 3.8) is 0 Å². The van der Waals surface area contributed by atoms with Crippen LogP contribution in [0.1, 0.15) is 39.5 Å². The summed E-state index contributed by atoms with van der Waals surface area (Å²) in [5, 5.41) is 9.05. The number of hydrogen-bond acceptors (Lipinski definition) is 4. The summed E-state index contributed by atoms with van der Waals surface area (Å²) >= 11 is 6.37. The molecule has 182 valence electrons. The van der Waals surface area contributed by atoms with E-state index in [9.17, 15) is 27.6 Å². The fourth-order valence-corrected chi connectivity index (χ4v) is 4.46. The zero-order valence-corrected chi connectivity index (χ0v) is 19.0. The van der Waals surface area contributed by atoms with Crippen LogP contribution in [0.4, 0.5) is 17.6 Å². The van der Waals surface area contributed by atoms with Crippen molar-refractivity contribution in [2.45, 2.75) is 18.5 Å². The van der Waals surface area contributed by atoms with Crippen LogP contribution >= 0.6 is 11.6 Å². The molecule has 4 heterocycles.